The van der Waals surface area contributed by atoms with Gasteiger partial charge in [-0.3, -0.25) is 9.59 Å². The molecule has 0 atom stereocenters. The zero-order valence-electron chi connectivity index (χ0n) is 11.4. The van der Waals surface area contributed by atoms with E-state index >= 15 is 0 Å². The van der Waals surface area contributed by atoms with Gasteiger partial charge in [0.1, 0.15) is 11.5 Å². The van der Waals surface area contributed by atoms with Gasteiger partial charge in [0.15, 0.2) is 11.2 Å². The van der Waals surface area contributed by atoms with E-state index in [0.29, 0.717) is 22.4 Å². The highest BCUT2D eigenvalue weighted by atomic mass is 16.5. The van der Waals surface area contributed by atoms with Gasteiger partial charge in [-0.2, -0.15) is 0 Å². The molecule has 0 fully saturated rings. The van der Waals surface area contributed by atoms with Gasteiger partial charge in [-0.25, -0.2) is 0 Å². The molecular formula is C17H13NO3. The van der Waals surface area contributed by atoms with Crippen LogP contribution < -0.4 is 10.2 Å². The minimum absolute atomic E-state index is 0.152. The van der Waals surface area contributed by atoms with Crippen LogP contribution in [0.1, 0.15) is 17.3 Å². The van der Waals surface area contributed by atoms with Gasteiger partial charge in [0.2, 0.25) is 0 Å². The van der Waals surface area contributed by atoms with Crippen molar-refractivity contribution < 1.29 is 9.53 Å². The van der Waals surface area contributed by atoms with Crippen molar-refractivity contribution >= 4 is 16.7 Å². The van der Waals surface area contributed by atoms with Crippen LogP contribution in [0.4, 0.5) is 0 Å². The van der Waals surface area contributed by atoms with Gasteiger partial charge in [0.25, 0.3) is 0 Å². The molecule has 4 nitrogen and oxygen atoms in total. The molecule has 104 valence electrons. The van der Waals surface area contributed by atoms with E-state index in [1.807, 2.05) is 30.3 Å². The van der Waals surface area contributed by atoms with Gasteiger partial charge >= 0.3 is 0 Å². The monoisotopic (exact) mass is 279 g/mol. The molecule has 0 spiro atoms. The van der Waals surface area contributed by atoms with Crippen LogP contribution in [-0.2, 0) is 0 Å². The molecule has 3 rings (SSSR count). The maximum atomic E-state index is 12.3. The fourth-order valence-electron chi connectivity index (χ4n) is 2.15. The average molecular weight is 279 g/mol. The number of pyridine rings is 1. The van der Waals surface area contributed by atoms with Gasteiger partial charge in [-0.05, 0) is 37.3 Å². The van der Waals surface area contributed by atoms with Gasteiger partial charge in [-0.1, -0.05) is 18.2 Å². The molecule has 2 aromatic carbocycles. The fraction of sp³-hybridized carbons (Fsp3) is 0.0588. The molecular weight excluding hydrogens is 266 g/mol. The number of hydrogen-bond acceptors (Lipinski definition) is 3. The Labute approximate surface area is 121 Å². The quantitative estimate of drug-likeness (QED) is 0.746. The molecule has 0 unspecified atom stereocenters. The number of H-pyrrole nitrogens is 1. The Kier molecular flexibility index (Phi) is 3.28. The zero-order chi connectivity index (χ0) is 14.8. The number of Topliss-reactive ketones (excluding diaryl/α,β-unsaturated/α-hetero) is 1. The lowest BCUT2D eigenvalue weighted by Gasteiger charge is -2.07. The molecule has 21 heavy (non-hydrogen) atoms. The maximum Gasteiger partial charge on any atom is 0.200 e. The third-order valence-corrected chi connectivity index (χ3v) is 3.21. The van der Waals surface area contributed by atoms with Crippen LogP contribution >= 0.6 is 0 Å². The molecule has 0 aliphatic heterocycles. The Balaban J connectivity index is 2.08. The number of para-hydroxylation sites is 1. The van der Waals surface area contributed by atoms with Crippen molar-refractivity contribution in [3.05, 3.63) is 70.5 Å². The second-order valence-electron chi connectivity index (χ2n) is 4.71. The molecule has 0 bridgehead atoms. The molecule has 3 aromatic rings. The van der Waals surface area contributed by atoms with Crippen molar-refractivity contribution in [3.8, 4) is 11.5 Å². The van der Waals surface area contributed by atoms with E-state index < -0.39 is 0 Å². The van der Waals surface area contributed by atoms with Gasteiger partial charge < -0.3 is 9.72 Å². The number of rotatable bonds is 3. The van der Waals surface area contributed by atoms with Crippen molar-refractivity contribution in [1.82, 2.24) is 4.98 Å². The minimum atomic E-state index is -0.283. The van der Waals surface area contributed by atoms with E-state index in [9.17, 15) is 9.59 Å². The summed E-state index contributed by atoms with van der Waals surface area (Å²) in [5.41, 5.74) is 0.541. The highest BCUT2D eigenvalue weighted by molar-refractivity contribution is 5.97. The molecule has 0 amide bonds. The molecule has 0 aliphatic carbocycles. The molecule has 1 N–H and O–H groups in total. The van der Waals surface area contributed by atoms with E-state index in [-0.39, 0.29) is 16.8 Å². The minimum Gasteiger partial charge on any atom is -0.457 e. The van der Waals surface area contributed by atoms with Crippen molar-refractivity contribution in [2.45, 2.75) is 6.92 Å². The molecule has 1 heterocycles. The maximum absolute atomic E-state index is 12.3. The summed E-state index contributed by atoms with van der Waals surface area (Å²) in [6.07, 6.45) is 1.45. The second kappa shape index (κ2) is 5.25. The first-order valence-electron chi connectivity index (χ1n) is 6.54. The number of carbonyl (C=O) groups is 1. The highest BCUT2D eigenvalue weighted by Gasteiger charge is 2.10. The Hall–Kier alpha value is -2.88. The summed E-state index contributed by atoms with van der Waals surface area (Å²) in [6.45, 7) is 1.38. The number of hydrogen-bond donors (Lipinski definition) is 1. The Bertz CT molecular complexity index is 866. The molecule has 4 heteroatoms. The van der Waals surface area contributed by atoms with Crippen molar-refractivity contribution in [2.24, 2.45) is 0 Å². The second-order valence-corrected chi connectivity index (χ2v) is 4.71. The fourth-order valence-corrected chi connectivity index (χ4v) is 2.15. The van der Waals surface area contributed by atoms with Gasteiger partial charge in [0, 0.05) is 17.1 Å². The SMILES string of the molecule is CC(=O)c1c[nH]c2ccc(Oc3ccccc3)cc2c1=O. The Morgan fingerprint density at radius 3 is 2.52 bits per heavy atom. The number of ether oxygens (including phenoxy) is 1. The number of aromatic nitrogens is 1. The summed E-state index contributed by atoms with van der Waals surface area (Å²) in [5.74, 6) is 0.989. The summed E-state index contributed by atoms with van der Waals surface area (Å²) in [5, 5.41) is 0.441. The molecule has 0 aliphatic rings. The summed E-state index contributed by atoms with van der Waals surface area (Å²) < 4.78 is 5.70. The lowest BCUT2D eigenvalue weighted by atomic mass is 10.1. The van der Waals surface area contributed by atoms with Crippen molar-refractivity contribution in [1.29, 1.82) is 0 Å². The van der Waals surface area contributed by atoms with Gasteiger partial charge in [-0.15, -0.1) is 0 Å². The molecule has 1 aromatic heterocycles. The van der Waals surface area contributed by atoms with Crippen LogP contribution in [0, 0.1) is 0 Å². The van der Waals surface area contributed by atoms with Crippen LogP contribution in [0.15, 0.2) is 59.5 Å². The number of nitrogens with one attached hydrogen (secondary N) is 1. The first-order chi connectivity index (χ1) is 10.1. The standard InChI is InChI=1S/C17H13NO3/c1-11(19)15-10-18-16-8-7-13(9-14(16)17(15)20)21-12-5-3-2-4-6-12/h2-10H,1H3,(H,18,20). The Morgan fingerprint density at radius 2 is 1.81 bits per heavy atom. The van der Waals surface area contributed by atoms with Crippen LogP contribution in [0.25, 0.3) is 10.9 Å². The summed E-state index contributed by atoms with van der Waals surface area (Å²) in [4.78, 5) is 26.7. The van der Waals surface area contributed by atoms with Crippen LogP contribution in [0.3, 0.4) is 0 Å². The van der Waals surface area contributed by atoms with Gasteiger partial charge in [0.05, 0.1) is 5.56 Å². The first-order valence-corrected chi connectivity index (χ1v) is 6.54. The number of fused-ring (bicyclic) bond motifs is 1. The first kappa shape index (κ1) is 13.1. The predicted molar refractivity (Wildman–Crippen MR) is 81.1 cm³/mol. The van der Waals surface area contributed by atoms with Crippen LogP contribution in [-0.4, -0.2) is 10.8 Å². The van der Waals surface area contributed by atoms with E-state index in [2.05, 4.69) is 4.98 Å². The predicted octanol–water partition coefficient (Wildman–Crippen LogP) is 3.52. The Morgan fingerprint density at radius 1 is 1.05 bits per heavy atom. The van der Waals surface area contributed by atoms with E-state index in [1.54, 1.807) is 18.2 Å². The summed E-state index contributed by atoms with van der Waals surface area (Å²) >= 11 is 0. The molecule has 0 saturated carbocycles. The highest BCUT2D eigenvalue weighted by Crippen LogP contribution is 2.23. The van der Waals surface area contributed by atoms with Crippen molar-refractivity contribution in [2.75, 3.05) is 0 Å². The zero-order valence-corrected chi connectivity index (χ0v) is 11.4. The number of ketones is 1. The third-order valence-electron chi connectivity index (χ3n) is 3.21. The van der Waals surface area contributed by atoms with Crippen molar-refractivity contribution in [3.63, 3.8) is 0 Å². The van der Waals surface area contributed by atoms with Crippen LogP contribution in [0.2, 0.25) is 0 Å². The third kappa shape index (κ3) is 2.56. The smallest absolute Gasteiger partial charge is 0.200 e. The number of aromatic amines is 1. The summed E-state index contributed by atoms with van der Waals surface area (Å²) in [7, 11) is 0. The largest absolute Gasteiger partial charge is 0.457 e. The lowest BCUT2D eigenvalue weighted by molar-refractivity contribution is 0.101. The van der Waals surface area contributed by atoms with E-state index in [4.69, 9.17) is 4.74 Å². The normalized spacial score (nSPS) is 10.5. The molecule has 0 radical (unpaired) electrons. The van der Waals surface area contributed by atoms with E-state index in [1.165, 1.54) is 13.1 Å². The summed E-state index contributed by atoms with van der Waals surface area (Å²) in [6, 6.07) is 14.5. The topological polar surface area (TPSA) is 59.2 Å². The lowest BCUT2D eigenvalue weighted by Crippen LogP contribution is -2.13. The van der Waals surface area contributed by atoms with E-state index in [0.717, 1.165) is 0 Å². The molecule has 0 saturated heterocycles. The average Bonchev–Trinajstić information content (AvgIpc) is 2.49. The number of benzene rings is 2. The number of carbonyl (C=O) groups excluding carboxylic acids is 1. The van der Waals surface area contributed by atoms with Crippen LogP contribution in [0.5, 0.6) is 11.5 Å².